The van der Waals surface area contributed by atoms with E-state index in [0.717, 1.165) is 16.8 Å². The number of ether oxygens (including phenoxy) is 1. The summed E-state index contributed by atoms with van der Waals surface area (Å²) in [4.78, 5) is 8.13. The fraction of sp³-hybridized carbons (Fsp3) is 0.125. The number of anilines is 2. The van der Waals surface area contributed by atoms with Gasteiger partial charge in [-0.2, -0.15) is 10.4 Å². The minimum Gasteiger partial charge on any atom is -0.378 e. The Kier molecular flexibility index (Phi) is 4.45. The minimum atomic E-state index is -0.324. The summed E-state index contributed by atoms with van der Waals surface area (Å²) >= 11 is 0. The Bertz CT molecular complexity index is 884. The van der Waals surface area contributed by atoms with Gasteiger partial charge in [0.15, 0.2) is 5.82 Å². The monoisotopic (exact) mass is 324 g/mol. The van der Waals surface area contributed by atoms with Crippen LogP contribution in [0.1, 0.15) is 11.4 Å². The molecule has 120 valence electrons. The van der Waals surface area contributed by atoms with Gasteiger partial charge in [0.05, 0.1) is 12.3 Å². The topological polar surface area (TPSA) is 99.5 Å². The molecule has 3 rings (SSSR count). The number of nitrogens with one attached hydrogen (secondary N) is 2. The van der Waals surface area contributed by atoms with Crippen LogP contribution < -0.4 is 5.32 Å². The maximum atomic E-state index is 13.2. The summed E-state index contributed by atoms with van der Waals surface area (Å²) in [5.74, 6) is 0.381. The zero-order valence-electron chi connectivity index (χ0n) is 12.7. The third kappa shape index (κ3) is 3.21. The molecule has 0 saturated carbocycles. The summed E-state index contributed by atoms with van der Waals surface area (Å²) in [5, 5.41) is 19.0. The highest BCUT2D eigenvalue weighted by Gasteiger charge is 2.16. The van der Waals surface area contributed by atoms with E-state index in [1.54, 1.807) is 19.2 Å². The van der Waals surface area contributed by atoms with Crippen LogP contribution in [0.25, 0.3) is 11.1 Å². The van der Waals surface area contributed by atoms with Crippen LogP contribution in [0.2, 0.25) is 0 Å². The van der Waals surface area contributed by atoms with Crippen molar-refractivity contribution in [2.75, 3.05) is 12.4 Å². The van der Waals surface area contributed by atoms with Crippen molar-refractivity contribution in [3.05, 3.63) is 53.7 Å². The fourth-order valence-corrected chi connectivity index (χ4v) is 2.23. The van der Waals surface area contributed by atoms with Crippen LogP contribution in [0.5, 0.6) is 0 Å². The molecule has 0 aliphatic carbocycles. The normalized spacial score (nSPS) is 10.4. The van der Waals surface area contributed by atoms with E-state index in [9.17, 15) is 4.39 Å². The summed E-state index contributed by atoms with van der Waals surface area (Å²) in [6.07, 6.45) is 1.48. The van der Waals surface area contributed by atoms with Crippen molar-refractivity contribution < 1.29 is 9.13 Å². The Hall–Kier alpha value is -3.31. The van der Waals surface area contributed by atoms with Gasteiger partial charge in [-0.1, -0.05) is 12.1 Å². The van der Waals surface area contributed by atoms with Crippen LogP contribution in [0.4, 0.5) is 16.2 Å². The average molecular weight is 324 g/mol. The lowest BCUT2D eigenvalue weighted by Gasteiger charge is -2.07. The molecule has 0 radical (unpaired) electrons. The number of halogens is 1. The molecule has 0 aliphatic rings. The standard InChI is InChI=1S/C16H13FN6O/c1-24-9-13-14(10-2-4-11(17)5-3-10)15(23-22-13)21-16-19-7-6-12(8-18)20-16/h2-7H,9H2,1H3,(H2,19,20,21,22,23). The second kappa shape index (κ2) is 6.85. The third-order valence-electron chi connectivity index (χ3n) is 3.26. The van der Waals surface area contributed by atoms with E-state index < -0.39 is 0 Å². The molecule has 3 aromatic rings. The van der Waals surface area contributed by atoms with E-state index in [-0.39, 0.29) is 17.5 Å². The number of nitriles is 1. The van der Waals surface area contributed by atoms with Crippen molar-refractivity contribution >= 4 is 11.8 Å². The number of hydrogen-bond acceptors (Lipinski definition) is 6. The summed E-state index contributed by atoms with van der Waals surface area (Å²) in [5.41, 5.74) is 2.45. The summed E-state index contributed by atoms with van der Waals surface area (Å²) in [6, 6.07) is 9.50. The number of aromatic nitrogens is 4. The van der Waals surface area contributed by atoms with Gasteiger partial charge in [-0.05, 0) is 23.8 Å². The highest BCUT2D eigenvalue weighted by molar-refractivity contribution is 5.79. The van der Waals surface area contributed by atoms with Crippen molar-refractivity contribution in [3.63, 3.8) is 0 Å². The molecule has 0 aliphatic heterocycles. The molecule has 1 aromatic carbocycles. The Balaban J connectivity index is 2.01. The molecule has 2 N–H and O–H groups in total. The van der Waals surface area contributed by atoms with Gasteiger partial charge >= 0.3 is 0 Å². The number of methoxy groups -OCH3 is 1. The van der Waals surface area contributed by atoms with Crippen molar-refractivity contribution in [1.82, 2.24) is 20.2 Å². The fourth-order valence-electron chi connectivity index (χ4n) is 2.23. The maximum Gasteiger partial charge on any atom is 0.229 e. The number of nitrogens with zero attached hydrogens (tertiary/aromatic N) is 4. The molecule has 24 heavy (non-hydrogen) atoms. The van der Waals surface area contributed by atoms with E-state index in [2.05, 4.69) is 25.5 Å². The first-order chi connectivity index (χ1) is 11.7. The SMILES string of the molecule is COCc1[nH]nc(Nc2nccc(C#N)n2)c1-c1ccc(F)cc1. The van der Waals surface area contributed by atoms with E-state index in [4.69, 9.17) is 10.00 Å². The minimum absolute atomic E-state index is 0.239. The smallest absolute Gasteiger partial charge is 0.229 e. The molecule has 0 bridgehead atoms. The zero-order chi connectivity index (χ0) is 16.9. The van der Waals surface area contributed by atoms with E-state index >= 15 is 0 Å². The number of aromatic amines is 1. The molecule has 2 heterocycles. The second-order valence-corrected chi connectivity index (χ2v) is 4.87. The summed E-state index contributed by atoms with van der Waals surface area (Å²) < 4.78 is 18.4. The average Bonchev–Trinajstić information content (AvgIpc) is 2.98. The van der Waals surface area contributed by atoms with E-state index in [1.807, 2.05) is 6.07 Å². The molecule has 0 atom stereocenters. The number of benzene rings is 1. The third-order valence-corrected chi connectivity index (χ3v) is 3.26. The van der Waals surface area contributed by atoms with Crippen LogP contribution in [0.15, 0.2) is 36.5 Å². The van der Waals surface area contributed by atoms with Gasteiger partial charge in [-0.15, -0.1) is 0 Å². The molecule has 0 amide bonds. The summed E-state index contributed by atoms with van der Waals surface area (Å²) in [7, 11) is 1.57. The quantitative estimate of drug-likeness (QED) is 0.748. The van der Waals surface area contributed by atoms with Gasteiger partial charge in [0.25, 0.3) is 0 Å². The molecule has 0 saturated heterocycles. The lowest BCUT2D eigenvalue weighted by Crippen LogP contribution is -2.00. The van der Waals surface area contributed by atoms with Crippen LogP contribution in [-0.2, 0) is 11.3 Å². The van der Waals surface area contributed by atoms with Crippen LogP contribution in [0.3, 0.4) is 0 Å². The first-order valence-electron chi connectivity index (χ1n) is 7.03. The highest BCUT2D eigenvalue weighted by atomic mass is 19.1. The molecule has 0 spiro atoms. The first kappa shape index (κ1) is 15.6. The molecule has 8 heteroatoms. The van der Waals surface area contributed by atoms with E-state index in [0.29, 0.717) is 12.4 Å². The van der Waals surface area contributed by atoms with Crippen molar-refractivity contribution in [3.8, 4) is 17.2 Å². The lowest BCUT2D eigenvalue weighted by molar-refractivity contribution is 0.182. The Labute approximate surface area is 137 Å². The van der Waals surface area contributed by atoms with Gasteiger partial charge in [-0.25, -0.2) is 14.4 Å². The molecular weight excluding hydrogens is 311 g/mol. The predicted octanol–water partition coefficient (Wildman–Crippen LogP) is 2.77. The van der Waals surface area contributed by atoms with Crippen LogP contribution in [0, 0.1) is 17.1 Å². The van der Waals surface area contributed by atoms with Gasteiger partial charge in [-0.3, -0.25) is 5.10 Å². The number of hydrogen-bond donors (Lipinski definition) is 2. The van der Waals surface area contributed by atoms with Gasteiger partial charge in [0.2, 0.25) is 5.95 Å². The Morgan fingerprint density at radius 2 is 2.08 bits per heavy atom. The van der Waals surface area contributed by atoms with Crippen LogP contribution in [-0.4, -0.2) is 27.3 Å². The van der Waals surface area contributed by atoms with Gasteiger partial charge in [0.1, 0.15) is 17.6 Å². The number of H-pyrrole nitrogens is 1. The molecule has 7 nitrogen and oxygen atoms in total. The predicted molar refractivity (Wildman–Crippen MR) is 84.7 cm³/mol. The largest absolute Gasteiger partial charge is 0.378 e. The second-order valence-electron chi connectivity index (χ2n) is 4.87. The first-order valence-corrected chi connectivity index (χ1v) is 7.03. The number of rotatable bonds is 5. The van der Waals surface area contributed by atoms with Crippen molar-refractivity contribution in [2.24, 2.45) is 0 Å². The van der Waals surface area contributed by atoms with Crippen molar-refractivity contribution in [2.45, 2.75) is 6.61 Å². The lowest BCUT2D eigenvalue weighted by atomic mass is 10.1. The maximum absolute atomic E-state index is 13.2. The highest BCUT2D eigenvalue weighted by Crippen LogP contribution is 2.31. The van der Waals surface area contributed by atoms with Crippen LogP contribution >= 0.6 is 0 Å². The summed E-state index contributed by atoms with van der Waals surface area (Å²) in [6.45, 7) is 0.306. The van der Waals surface area contributed by atoms with Crippen molar-refractivity contribution in [1.29, 1.82) is 5.26 Å². The Morgan fingerprint density at radius 3 is 2.79 bits per heavy atom. The van der Waals surface area contributed by atoms with Gasteiger partial charge in [0, 0.05) is 18.9 Å². The molecule has 0 fully saturated rings. The molecule has 0 unspecified atom stereocenters. The van der Waals surface area contributed by atoms with E-state index in [1.165, 1.54) is 24.4 Å². The Morgan fingerprint density at radius 1 is 1.29 bits per heavy atom. The molecule has 2 aromatic heterocycles. The zero-order valence-corrected chi connectivity index (χ0v) is 12.7. The van der Waals surface area contributed by atoms with Gasteiger partial charge < -0.3 is 10.1 Å². The molecular formula is C16H13FN6O.